The smallest absolute Gasteiger partial charge is 0.122 e. The molecule has 0 radical (unpaired) electrons. The first-order valence-corrected chi connectivity index (χ1v) is 9.10. The van der Waals surface area contributed by atoms with E-state index in [0.717, 1.165) is 37.2 Å². The van der Waals surface area contributed by atoms with Gasteiger partial charge < -0.3 is 9.47 Å². The Balaban J connectivity index is 1.56. The molecular formula is C24H26O2. The van der Waals surface area contributed by atoms with Gasteiger partial charge in [-0.1, -0.05) is 54.6 Å². The highest BCUT2D eigenvalue weighted by Crippen LogP contribution is 2.23. The molecule has 0 aliphatic carbocycles. The van der Waals surface area contributed by atoms with E-state index in [4.69, 9.17) is 9.47 Å². The lowest BCUT2D eigenvalue weighted by molar-refractivity contribution is 0.393. The van der Waals surface area contributed by atoms with E-state index < -0.39 is 0 Å². The summed E-state index contributed by atoms with van der Waals surface area (Å²) in [6.07, 6.45) is 4.15. The number of benzene rings is 3. The fourth-order valence-electron chi connectivity index (χ4n) is 3.11. The molecule has 3 aromatic carbocycles. The molecule has 0 N–H and O–H groups in total. The molecule has 2 nitrogen and oxygen atoms in total. The van der Waals surface area contributed by atoms with Gasteiger partial charge in [-0.25, -0.2) is 0 Å². The van der Waals surface area contributed by atoms with E-state index in [1.165, 1.54) is 22.3 Å². The predicted octanol–water partition coefficient (Wildman–Crippen LogP) is 5.27. The molecule has 0 spiro atoms. The summed E-state index contributed by atoms with van der Waals surface area (Å²) in [6, 6.07) is 25.7. The van der Waals surface area contributed by atoms with Crippen molar-refractivity contribution >= 4 is 0 Å². The van der Waals surface area contributed by atoms with E-state index in [2.05, 4.69) is 66.7 Å². The number of hydrogen-bond donors (Lipinski definition) is 0. The zero-order valence-electron chi connectivity index (χ0n) is 15.6. The first-order valence-electron chi connectivity index (χ1n) is 9.10. The largest absolute Gasteiger partial charge is 0.497 e. The van der Waals surface area contributed by atoms with E-state index in [1.807, 2.05) is 6.07 Å². The van der Waals surface area contributed by atoms with Crippen molar-refractivity contribution < 1.29 is 9.47 Å². The number of hydrogen-bond acceptors (Lipinski definition) is 2. The van der Waals surface area contributed by atoms with Crippen molar-refractivity contribution in [2.75, 3.05) is 14.2 Å². The van der Waals surface area contributed by atoms with Gasteiger partial charge in [-0.3, -0.25) is 0 Å². The molecule has 0 amide bonds. The van der Waals surface area contributed by atoms with Gasteiger partial charge in [-0.15, -0.1) is 0 Å². The minimum atomic E-state index is 0.843. The molecule has 0 aliphatic rings. The molecule has 0 aliphatic heterocycles. The SMILES string of the molecule is COc1cc(CCc2ccc(CCc3ccccc3)cc2)cc(OC)c1. The molecule has 0 fully saturated rings. The average molecular weight is 346 g/mol. The highest BCUT2D eigenvalue weighted by molar-refractivity contribution is 5.39. The van der Waals surface area contributed by atoms with Gasteiger partial charge in [0, 0.05) is 6.07 Å². The number of rotatable bonds is 8. The molecule has 134 valence electrons. The number of methoxy groups -OCH3 is 2. The van der Waals surface area contributed by atoms with Crippen LogP contribution in [0.4, 0.5) is 0 Å². The fraction of sp³-hybridized carbons (Fsp3) is 0.250. The lowest BCUT2D eigenvalue weighted by Crippen LogP contribution is -1.96. The minimum Gasteiger partial charge on any atom is -0.497 e. The third kappa shape index (κ3) is 5.13. The zero-order chi connectivity index (χ0) is 18.2. The average Bonchev–Trinajstić information content (AvgIpc) is 2.72. The van der Waals surface area contributed by atoms with Crippen LogP contribution in [0.3, 0.4) is 0 Å². The number of aryl methyl sites for hydroxylation is 4. The molecule has 26 heavy (non-hydrogen) atoms. The van der Waals surface area contributed by atoms with Crippen LogP contribution in [0.2, 0.25) is 0 Å². The third-order valence-electron chi connectivity index (χ3n) is 4.68. The van der Waals surface area contributed by atoms with Gasteiger partial charge in [-0.2, -0.15) is 0 Å². The lowest BCUT2D eigenvalue weighted by Gasteiger charge is -2.09. The Kier molecular flexibility index (Phi) is 6.32. The van der Waals surface area contributed by atoms with E-state index in [1.54, 1.807) is 14.2 Å². The fourth-order valence-corrected chi connectivity index (χ4v) is 3.11. The van der Waals surface area contributed by atoms with Crippen LogP contribution >= 0.6 is 0 Å². The first-order chi connectivity index (χ1) is 12.8. The van der Waals surface area contributed by atoms with Gasteiger partial charge in [0.15, 0.2) is 0 Å². The minimum absolute atomic E-state index is 0.843. The zero-order valence-corrected chi connectivity index (χ0v) is 15.6. The van der Waals surface area contributed by atoms with Crippen LogP contribution in [0.15, 0.2) is 72.8 Å². The molecule has 0 saturated carbocycles. The Morgan fingerprint density at radius 1 is 0.500 bits per heavy atom. The lowest BCUT2D eigenvalue weighted by atomic mass is 10.00. The third-order valence-corrected chi connectivity index (χ3v) is 4.68. The van der Waals surface area contributed by atoms with Crippen LogP contribution < -0.4 is 9.47 Å². The summed E-state index contributed by atoms with van der Waals surface area (Å²) >= 11 is 0. The summed E-state index contributed by atoms with van der Waals surface area (Å²) in [4.78, 5) is 0. The van der Waals surface area contributed by atoms with Crippen molar-refractivity contribution in [1.29, 1.82) is 0 Å². The van der Waals surface area contributed by atoms with Gasteiger partial charge in [0.1, 0.15) is 11.5 Å². The van der Waals surface area contributed by atoms with Crippen LogP contribution in [0.1, 0.15) is 22.3 Å². The molecule has 0 aromatic heterocycles. The molecular weight excluding hydrogens is 320 g/mol. The molecule has 0 unspecified atom stereocenters. The van der Waals surface area contributed by atoms with Gasteiger partial charge >= 0.3 is 0 Å². The molecule has 3 aromatic rings. The first kappa shape index (κ1) is 18.1. The second-order valence-electron chi connectivity index (χ2n) is 6.52. The van der Waals surface area contributed by atoms with Crippen molar-refractivity contribution in [1.82, 2.24) is 0 Å². The van der Waals surface area contributed by atoms with Crippen molar-refractivity contribution in [3.8, 4) is 11.5 Å². The highest BCUT2D eigenvalue weighted by Gasteiger charge is 2.03. The Bertz CT molecular complexity index is 785. The summed E-state index contributed by atoms with van der Waals surface area (Å²) in [5, 5.41) is 0. The second kappa shape index (κ2) is 9.10. The summed E-state index contributed by atoms with van der Waals surface area (Å²) in [7, 11) is 3.37. The molecule has 3 rings (SSSR count). The Labute approximate surface area is 156 Å². The molecule has 0 bridgehead atoms. The summed E-state index contributed by atoms with van der Waals surface area (Å²) in [6.45, 7) is 0. The van der Waals surface area contributed by atoms with Gasteiger partial charge in [-0.05, 0) is 60.1 Å². The standard InChI is InChI=1S/C24H26O2/c1-25-23-16-22(17-24(18-23)26-2)15-14-21-12-10-20(11-13-21)9-8-19-6-4-3-5-7-19/h3-7,10-13,16-18H,8-9,14-15H2,1-2H3. The van der Waals surface area contributed by atoms with Crippen LogP contribution in [0.5, 0.6) is 11.5 Å². The van der Waals surface area contributed by atoms with Crippen molar-refractivity contribution in [3.63, 3.8) is 0 Å². The molecule has 2 heteroatoms. The highest BCUT2D eigenvalue weighted by atomic mass is 16.5. The topological polar surface area (TPSA) is 18.5 Å². The Morgan fingerprint density at radius 2 is 0.923 bits per heavy atom. The second-order valence-corrected chi connectivity index (χ2v) is 6.52. The quantitative estimate of drug-likeness (QED) is 0.553. The summed E-state index contributed by atoms with van der Waals surface area (Å²) in [5.74, 6) is 1.69. The van der Waals surface area contributed by atoms with Gasteiger partial charge in [0.25, 0.3) is 0 Å². The maximum absolute atomic E-state index is 5.35. The summed E-state index contributed by atoms with van der Waals surface area (Å²) in [5.41, 5.74) is 5.37. The van der Waals surface area contributed by atoms with Crippen molar-refractivity contribution in [3.05, 3.63) is 95.1 Å². The predicted molar refractivity (Wildman–Crippen MR) is 107 cm³/mol. The normalized spacial score (nSPS) is 10.5. The number of ether oxygens (including phenoxy) is 2. The van der Waals surface area contributed by atoms with E-state index in [9.17, 15) is 0 Å². The van der Waals surface area contributed by atoms with E-state index in [-0.39, 0.29) is 0 Å². The molecule has 0 heterocycles. The Hall–Kier alpha value is -2.74. The van der Waals surface area contributed by atoms with Gasteiger partial charge in [0.2, 0.25) is 0 Å². The van der Waals surface area contributed by atoms with Crippen LogP contribution in [0, 0.1) is 0 Å². The van der Waals surface area contributed by atoms with Crippen LogP contribution in [-0.2, 0) is 25.7 Å². The monoisotopic (exact) mass is 346 g/mol. The van der Waals surface area contributed by atoms with Crippen molar-refractivity contribution in [2.45, 2.75) is 25.7 Å². The molecule has 0 atom stereocenters. The Morgan fingerprint density at radius 3 is 1.38 bits per heavy atom. The summed E-state index contributed by atoms with van der Waals surface area (Å²) < 4.78 is 10.7. The van der Waals surface area contributed by atoms with Crippen LogP contribution in [-0.4, -0.2) is 14.2 Å². The van der Waals surface area contributed by atoms with E-state index >= 15 is 0 Å². The maximum atomic E-state index is 5.35. The van der Waals surface area contributed by atoms with Crippen LogP contribution in [0.25, 0.3) is 0 Å². The molecule has 0 saturated heterocycles. The van der Waals surface area contributed by atoms with E-state index in [0.29, 0.717) is 0 Å². The van der Waals surface area contributed by atoms with Gasteiger partial charge in [0.05, 0.1) is 14.2 Å². The maximum Gasteiger partial charge on any atom is 0.122 e. The van der Waals surface area contributed by atoms with Crippen molar-refractivity contribution in [2.24, 2.45) is 0 Å².